The molecule has 3 heterocycles. The highest BCUT2D eigenvalue weighted by atomic mass is 35.5. The number of hydrogen-bond donors (Lipinski definition) is 0. The first kappa shape index (κ1) is 14.2. The van der Waals surface area contributed by atoms with Crippen molar-refractivity contribution in [3.8, 4) is 0 Å². The molecule has 22 heavy (non-hydrogen) atoms. The Morgan fingerprint density at radius 3 is 3.00 bits per heavy atom. The SMILES string of the molecule is CC1CN2c3nc(Cl)ncc3N(CC3CC3)C(=O)C2(C)CO1. The number of anilines is 2. The molecule has 118 valence electrons. The molecule has 7 heteroatoms. The number of nitrogens with zero attached hydrogens (tertiary/aromatic N) is 4. The summed E-state index contributed by atoms with van der Waals surface area (Å²) in [4.78, 5) is 25.5. The Labute approximate surface area is 134 Å². The van der Waals surface area contributed by atoms with Crippen molar-refractivity contribution >= 4 is 29.0 Å². The van der Waals surface area contributed by atoms with Crippen LogP contribution in [0.2, 0.25) is 5.28 Å². The van der Waals surface area contributed by atoms with Gasteiger partial charge in [0.05, 0.1) is 18.9 Å². The highest BCUT2D eigenvalue weighted by molar-refractivity contribution is 6.28. The molecule has 0 N–H and O–H groups in total. The van der Waals surface area contributed by atoms with Gasteiger partial charge in [0.15, 0.2) is 5.82 Å². The lowest BCUT2D eigenvalue weighted by molar-refractivity contribution is -0.129. The third kappa shape index (κ3) is 2.08. The van der Waals surface area contributed by atoms with Gasteiger partial charge in [0, 0.05) is 13.1 Å². The molecular formula is C15H19ClN4O2. The van der Waals surface area contributed by atoms with Gasteiger partial charge in [-0.2, -0.15) is 4.98 Å². The van der Waals surface area contributed by atoms with Crippen LogP contribution in [-0.4, -0.2) is 47.2 Å². The van der Waals surface area contributed by atoms with Gasteiger partial charge in [-0.05, 0) is 44.2 Å². The Balaban J connectivity index is 1.83. The van der Waals surface area contributed by atoms with Crippen molar-refractivity contribution in [2.75, 3.05) is 29.5 Å². The molecule has 0 radical (unpaired) electrons. The van der Waals surface area contributed by atoms with E-state index in [1.165, 1.54) is 12.8 Å². The average Bonchev–Trinajstić information content (AvgIpc) is 3.30. The summed E-state index contributed by atoms with van der Waals surface area (Å²) < 4.78 is 5.77. The lowest BCUT2D eigenvalue weighted by Gasteiger charge is -2.51. The predicted molar refractivity (Wildman–Crippen MR) is 83.3 cm³/mol. The fourth-order valence-corrected chi connectivity index (χ4v) is 3.39. The second-order valence-corrected chi connectivity index (χ2v) is 7.05. The quantitative estimate of drug-likeness (QED) is 0.778. The zero-order valence-electron chi connectivity index (χ0n) is 12.8. The summed E-state index contributed by atoms with van der Waals surface area (Å²) in [5.74, 6) is 1.41. The number of rotatable bonds is 2. The first-order chi connectivity index (χ1) is 10.5. The molecule has 0 spiro atoms. The molecule has 2 aliphatic heterocycles. The van der Waals surface area contributed by atoms with E-state index < -0.39 is 5.54 Å². The molecule has 6 nitrogen and oxygen atoms in total. The Morgan fingerprint density at radius 1 is 1.50 bits per heavy atom. The summed E-state index contributed by atoms with van der Waals surface area (Å²) in [6.07, 6.45) is 4.09. The third-order valence-corrected chi connectivity index (χ3v) is 4.98. The molecule has 1 saturated carbocycles. The lowest BCUT2D eigenvalue weighted by Crippen LogP contribution is -2.68. The molecule has 0 aromatic carbocycles. The summed E-state index contributed by atoms with van der Waals surface area (Å²) >= 11 is 6.01. The minimum Gasteiger partial charge on any atom is -0.374 e. The molecule has 3 aliphatic rings. The minimum atomic E-state index is -0.716. The molecule has 1 amide bonds. The largest absolute Gasteiger partial charge is 0.374 e. The molecule has 1 aromatic heterocycles. The second kappa shape index (κ2) is 4.80. The van der Waals surface area contributed by atoms with Crippen LogP contribution in [-0.2, 0) is 9.53 Å². The van der Waals surface area contributed by atoms with E-state index in [2.05, 4.69) is 9.97 Å². The van der Waals surface area contributed by atoms with E-state index in [1.807, 2.05) is 23.6 Å². The summed E-state index contributed by atoms with van der Waals surface area (Å²) in [7, 11) is 0. The number of hydrogen-bond acceptors (Lipinski definition) is 5. The van der Waals surface area contributed by atoms with E-state index in [1.54, 1.807) is 6.20 Å². The number of halogens is 1. The van der Waals surface area contributed by atoms with Gasteiger partial charge in [0.25, 0.3) is 5.91 Å². The van der Waals surface area contributed by atoms with Crippen LogP contribution >= 0.6 is 11.6 Å². The van der Waals surface area contributed by atoms with Crippen LogP contribution < -0.4 is 9.80 Å². The van der Waals surface area contributed by atoms with Gasteiger partial charge in [-0.1, -0.05) is 0 Å². The Hall–Kier alpha value is -1.40. The number of morpholine rings is 1. The zero-order valence-corrected chi connectivity index (χ0v) is 13.5. The average molecular weight is 323 g/mol. The maximum atomic E-state index is 13.1. The molecule has 1 aliphatic carbocycles. The summed E-state index contributed by atoms with van der Waals surface area (Å²) in [6.45, 7) is 5.66. The standard InChI is InChI=1S/C15H19ClN4O2/c1-9-6-20-12-11(5-17-14(16)18-12)19(7-10-3-4-10)13(21)15(20,2)8-22-9/h5,9-10H,3-4,6-8H2,1-2H3. The van der Waals surface area contributed by atoms with Crippen LogP contribution in [0.1, 0.15) is 26.7 Å². The number of carbonyl (C=O) groups is 1. The van der Waals surface area contributed by atoms with Crippen molar-refractivity contribution in [3.05, 3.63) is 11.5 Å². The van der Waals surface area contributed by atoms with E-state index in [0.29, 0.717) is 19.1 Å². The van der Waals surface area contributed by atoms with Gasteiger partial charge in [0.1, 0.15) is 11.2 Å². The van der Waals surface area contributed by atoms with Gasteiger partial charge in [-0.3, -0.25) is 4.79 Å². The van der Waals surface area contributed by atoms with Gasteiger partial charge >= 0.3 is 0 Å². The topological polar surface area (TPSA) is 58.6 Å². The Kier molecular flexibility index (Phi) is 3.10. The van der Waals surface area contributed by atoms with Crippen molar-refractivity contribution < 1.29 is 9.53 Å². The maximum Gasteiger partial charge on any atom is 0.255 e. The van der Waals surface area contributed by atoms with E-state index in [9.17, 15) is 4.79 Å². The summed E-state index contributed by atoms with van der Waals surface area (Å²) in [5, 5.41) is 0.209. The molecular weight excluding hydrogens is 304 g/mol. The first-order valence-electron chi connectivity index (χ1n) is 7.73. The lowest BCUT2D eigenvalue weighted by atomic mass is 9.92. The molecule has 2 fully saturated rings. The molecule has 1 aromatic rings. The number of aromatic nitrogens is 2. The minimum absolute atomic E-state index is 0.0532. The van der Waals surface area contributed by atoms with E-state index in [0.717, 1.165) is 18.1 Å². The molecule has 1 saturated heterocycles. The number of fused-ring (bicyclic) bond motifs is 3. The third-order valence-electron chi connectivity index (χ3n) is 4.79. The number of amides is 1. The molecule has 0 bridgehead atoms. The van der Waals surface area contributed by atoms with Gasteiger partial charge in [0.2, 0.25) is 5.28 Å². The molecule has 2 unspecified atom stereocenters. The van der Waals surface area contributed by atoms with Crippen LogP contribution in [0.25, 0.3) is 0 Å². The molecule has 4 rings (SSSR count). The van der Waals surface area contributed by atoms with Gasteiger partial charge < -0.3 is 14.5 Å². The van der Waals surface area contributed by atoms with E-state index in [4.69, 9.17) is 16.3 Å². The second-order valence-electron chi connectivity index (χ2n) is 6.71. The van der Waals surface area contributed by atoms with Crippen LogP contribution in [0.5, 0.6) is 0 Å². The van der Waals surface area contributed by atoms with Crippen LogP contribution in [0.3, 0.4) is 0 Å². The van der Waals surface area contributed by atoms with Crippen molar-refractivity contribution in [2.24, 2.45) is 5.92 Å². The van der Waals surface area contributed by atoms with Gasteiger partial charge in [-0.25, -0.2) is 4.98 Å². The van der Waals surface area contributed by atoms with Crippen LogP contribution in [0.15, 0.2) is 6.20 Å². The van der Waals surface area contributed by atoms with E-state index in [-0.39, 0.29) is 17.3 Å². The summed E-state index contributed by atoms with van der Waals surface area (Å²) in [5.41, 5.74) is 0.0550. The highest BCUT2D eigenvalue weighted by Crippen LogP contribution is 2.43. The Bertz CT molecular complexity index is 636. The number of ether oxygens (including phenoxy) is 1. The Morgan fingerprint density at radius 2 is 2.27 bits per heavy atom. The predicted octanol–water partition coefficient (Wildman–Crippen LogP) is 1.87. The van der Waals surface area contributed by atoms with Crippen molar-refractivity contribution in [2.45, 2.75) is 38.3 Å². The van der Waals surface area contributed by atoms with Crippen LogP contribution in [0.4, 0.5) is 11.5 Å². The number of carbonyl (C=O) groups excluding carboxylic acids is 1. The van der Waals surface area contributed by atoms with Crippen molar-refractivity contribution in [1.82, 2.24) is 9.97 Å². The summed E-state index contributed by atoms with van der Waals surface area (Å²) in [6, 6.07) is 0. The van der Waals surface area contributed by atoms with Crippen LogP contribution in [0, 0.1) is 5.92 Å². The normalized spacial score (nSPS) is 31.0. The van der Waals surface area contributed by atoms with Gasteiger partial charge in [-0.15, -0.1) is 0 Å². The smallest absolute Gasteiger partial charge is 0.255 e. The zero-order chi connectivity index (χ0) is 15.5. The maximum absolute atomic E-state index is 13.1. The fraction of sp³-hybridized carbons (Fsp3) is 0.667. The monoisotopic (exact) mass is 322 g/mol. The van der Waals surface area contributed by atoms with E-state index >= 15 is 0 Å². The molecule has 2 atom stereocenters. The fourth-order valence-electron chi connectivity index (χ4n) is 3.27. The highest BCUT2D eigenvalue weighted by Gasteiger charge is 2.52. The first-order valence-corrected chi connectivity index (χ1v) is 8.10. The van der Waals surface area contributed by atoms with Crippen molar-refractivity contribution in [3.63, 3.8) is 0 Å². The van der Waals surface area contributed by atoms with Crippen molar-refractivity contribution in [1.29, 1.82) is 0 Å².